The molecule has 0 aromatic rings. The summed E-state index contributed by atoms with van der Waals surface area (Å²) < 4.78 is 13.4. The van der Waals surface area contributed by atoms with Gasteiger partial charge in [-0.15, -0.1) is 0 Å². The summed E-state index contributed by atoms with van der Waals surface area (Å²) in [5.41, 5.74) is 0. The first-order chi connectivity index (χ1) is 10.9. The largest absolute Gasteiger partial charge is 0.374 e. The highest BCUT2D eigenvalue weighted by Gasteiger charge is 2.77. The number of hydrogen-bond acceptors (Lipinski definition) is 2. The molecule has 0 aromatic heterocycles. The minimum atomic E-state index is 0.541. The number of fused-ring (bicyclic) bond motifs is 23. The zero-order valence-electron chi connectivity index (χ0n) is 12.6. The normalized spacial score (nSPS) is 76.0. The van der Waals surface area contributed by atoms with E-state index in [9.17, 15) is 0 Å². The highest BCUT2D eigenvalue weighted by Crippen LogP contribution is 2.72. The molecule has 4 aliphatic heterocycles. The van der Waals surface area contributed by atoms with Crippen LogP contribution in [0.15, 0.2) is 24.3 Å². The lowest BCUT2D eigenvalue weighted by Gasteiger charge is -2.44. The van der Waals surface area contributed by atoms with E-state index < -0.39 is 0 Å². The van der Waals surface area contributed by atoms with Crippen molar-refractivity contribution in [2.45, 2.75) is 37.3 Å². The third-order valence-corrected chi connectivity index (χ3v) is 9.27. The van der Waals surface area contributed by atoms with Crippen molar-refractivity contribution in [2.24, 2.45) is 59.2 Å². The molecular weight excluding hydrogens is 272 g/mol. The van der Waals surface area contributed by atoms with Gasteiger partial charge in [0.1, 0.15) is 0 Å². The summed E-state index contributed by atoms with van der Waals surface area (Å²) in [6.45, 7) is 0. The van der Waals surface area contributed by atoms with Crippen molar-refractivity contribution in [3.8, 4) is 0 Å². The zero-order valence-corrected chi connectivity index (χ0v) is 12.6. The van der Waals surface area contributed by atoms with Gasteiger partial charge < -0.3 is 9.47 Å². The number of ether oxygens (including phenoxy) is 2. The molecule has 8 rings (SSSR count). The van der Waals surface area contributed by atoms with Crippen LogP contribution in [0.3, 0.4) is 0 Å². The second kappa shape index (κ2) is 3.15. The van der Waals surface area contributed by atoms with E-state index in [1.165, 1.54) is 12.8 Å². The number of rotatable bonds is 0. The van der Waals surface area contributed by atoms with Gasteiger partial charge in [0.2, 0.25) is 0 Å². The maximum Gasteiger partial charge on any atom is 0.0674 e. The molecule has 4 aliphatic carbocycles. The Balaban J connectivity index is 1.26. The van der Waals surface area contributed by atoms with Crippen LogP contribution in [0.25, 0.3) is 0 Å². The molecule has 2 heteroatoms. The molecule has 114 valence electrons. The van der Waals surface area contributed by atoms with Crippen LogP contribution >= 0.6 is 0 Å². The molecule has 22 heavy (non-hydrogen) atoms. The van der Waals surface area contributed by atoms with Crippen molar-refractivity contribution in [3.05, 3.63) is 24.3 Å². The Morgan fingerprint density at radius 3 is 1.09 bits per heavy atom. The Bertz CT molecular complexity index is 548. The van der Waals surface area contributed by atoms with Crippen LogP contribution in [-0.4, -0.2) is 24.4 Å². The monoisotopic (exact) mass is 294 g/mol. The van der Waals surface area contributed by atoms with Crippen LogP contribution in [0.2, 0.25) is 0 Å². The predicted molar refractivity (Wildman–Crippen MR) is 79.7 cm³/mol. The summed E-state index contributed by atoms with van der Waals surface area (Å²) >= 11 is 0. The van der Waals surface area contributed by atoms with Gasteiger partial charge in [0.05, 0.1) is 24.4 Å². The fourth-order valence-electron chi connectivity index (χ4n) is 9.01. The van der Waals surface area contributed by atoms with Gasteiger partial charge in [0.25, 0.3) is 0 Å². The van der Waals surface area contributed by atoms with Crippen LogP contribution in [0.5, 0.6) is 0 Å². The smallest absolute Gasteiger partial charge is 0.0674 e. The second-order valence-corrected chi connectivity index (χ2v) is 9.49. The lowest BCUT2D eigenvalue weighted by atomic mass is 9.56. The van der Waals surface area contributed by atoms with Gasteiger partial charge in [-0.25, -0.2) is 0 Å². The summed E-state index contributed by atoms with van der Waals surface area (Å²) in [6.07, 6.45) is 15.1. The molecule has 2 nitrogen and oxygen atoms in total. The Morgan fingerprint density at radius 1 is 0.455 bits per heavy atom. The van der Waals surface area contributed by atoms with Crippen LogP contribution in [-0.2, 0) is 9.47 Å². The third kappa shape index (κ3) is 0.901. The molecule has 14 atom stereocenters. The van der Waals surface area contributed by atoms with E-state index in [0.29, 0.717) is 24.4 Å². The highest BCUT2D eigenvalue weighted by molar-refractivity contribution is 5.30. The fourth-order valence-corrected chi connectivity index (χ4v) is 9.01. The molecule has 2 unspecified atom stereocenters. The van der Waals surface area contributed by atoms with Crippen molar-refractivity contribution in [1.82, 2.24) is 0 Å². The predicted octanol–water partition coefficient (Wildman–Crippen LogP) is 2.66. The van der Waals surface area contributed by atoms with E-state index >= 15 is 0 Å². The molecule has 0 aromatic carbocycles. The summed E-state index contributed by atoms with van der Waals surface area (Å²) in [7, 11) is 0. The molecule has 8 bridgehead atoms. The van der Waals surface area contributed by atoms with Crippen LogP contribution in [0.4, 0.5) is 0 Å². The maximum atomic E-state index is 6.68. The van der Waals surface area contributed by atoms with Crippen molar-refractivity contribution < 1.29 is 9.47 Å². The first-order valence-electron chi connectivity index (χ1n) is 9.58. The van der Waals surface area contributed by atoms with Crippen molar-refractivity contribution in [2.75, 3.05) is 0 Å². The van der Waals surface area contributed by atoms with Crippen molar-refractivity contribution in [1.29, 1.82) is 0 Å². The van der Waals surface area contributed by atoms with E-state index in [1.54, 1.807) is 0 Å². The molecule has 2 saturated carbocycles. The van der Waals surface area contributed by atoms with Crippen LogP contribution in [0, 0.1) is 59.2 Å². The van der Waals surface area contributed by atoms with E-state index in [0.717, 1.165) is 59.2 Å². The molecule has 6 fully saturated rings. The molecular formula is C20H22O2. The van der Waals surface area contributed by atoms with E-state index in [4.69, 9.17) is 9.47 Å². The average molecular weight is 294 g/mol. The van der Waals surface area contributed by atoms with Crippen LogP contribution in [0.1, 0.15) is 12.8 Å². The summed E-state index contributed by atoms with van der Waals surface area (Å²) in [6, 6.07) is 0. The van der Waals surface area contributed by atoms with Gasteiger partial charge in [-0.1, -0.05) is 24.3 Å². The van der Waals surface area contributed by atoms with Gasteiger partial charge in [0, 0.05) is 11.8 Å². The maximum absolute atomic E-state index is 6.68. The first-order valence-corrected chi connectivity index (χ1v) is 9.58. The molecule has 4 heterocycles. The Morgan fingerprint density at radius 2 is 0.773 bits per heavy atom. The zero-order chi connectivity index (χ0) is 13.7. The van der Waals surface area contributed by atoms with E-state index in [1.807, 2.05) is 0 Å². The quantitative estimate of drug-likeness (QED) is 0.640. The molecule has 4 saturated heterocycles. The molecule has 0 N–H and O–H groups in total. The van der Waals surface area contributed by atoms with Crippen molar-refractivity contribution >= 4 is 0 Å². The summed E-state index contributed by atoms with van der Waals surface area (Å²) in [5, 5.41) is 0. The standard InChI is InChI=1S/C20H22O2/c1-2-8-5-7(1)11-12(8)18-16-15(17(11)21-18)19-13-9-3-4-10(6-9)14(13)20(16)22-19/h1-4,7-20H,5-6H2/t7-,8+,9+,10-,11-,12+,13+,14-,15?,16?,17-,18+,19+,20-. The van der Waals surface area contributed by atoms with Gasteiger partial charge in [-0.05, 0) is 60.2 Å². The first kappa shape index (κ1) is 11.0. The highest BCUT2D eigenvalue weighted by atomic mass is 16.5. The minimum absolute atomic E-state index is 0.541. The third-order valence-electron chi connectivity index (χ3n) is 9.27. The van der Waals surface area contributed by atoms with Crippen LogP contribution < -0.4 is 0 Å². The molecule has 0 radical (unpaired) electrons. The van der Waals surface area contributed by atoms with Gasteiger partial charge in [0.15, 0.2) is 0 Å². The number of allylic oxidation sites excluding steroid dienone is 4. The SMILES string of the molecule is C1=C[C@H]2C[C@@H]1[C@@H]1[C@H]2[C@@H]2O[C@H]1C1C2[C@@H]2O[C@H]1[C@@H]1[C@H]2[C@@H]2C=C[C@H]1C2. The van der Waals surface area contributed by atoms with Gasteiger partial charge >= 0.3 is 0 Å². The van der Waals surface area contributed by atoms with E-state index in [2.05, 4.69) is 24.3 Å². The second-order valence-electron chi connectivity index (χ2n) is 9.49. The van der Waals surface area contributed by atoms with Gasteiger partial charge in [-0.3, -0.25) is 0 Å². The summed E-state index contributed by atoms with van der Waals surface area (Å²) in [4.78, 5) is 0. The Kier molecular flexibility index (Phi) is 1.58. The molecule has 8 aliphatic rings. The van der Waals surface area contributed by atoms with Crippen molar-refractivity contribution in [3.63, 3.8) is 0 Å². The minimum Gasteiger partial charge on any atom is -0.374 e. The fraction of sp³-hybridized carbons (Fsp3) is 0.800. The van der Waals surface area contributed by atoms with Gasteiger partial charge in [-0.2, -0.15) is 0 Å². The molecule has 0 spiro atoms. The number of hydrogen-bond donors (Lipinski definition) is 0. The molecule has 0 amide bonds. The Labute approximate surface area is 130 Å². The topological polar surface area (TPSA) is 18.5 Å². The average Bonchev–Trinajstić information content (AvgIpc) is 3.40. The van der Waals surface area contributed by atoms with E-state index in [-0.39, 0.29) is 0 Å². The lowest BCUT2D eigenvalue weighted by Crippen LogP contribution is -2.51. The Hall–Kier alpha value is -0.600. The summed E-state index contributed by atoms with van der Waals surface area (Å²) in [5.74, 6) is 8.21. The lowest BCUT2D eigenvalue weighted by molar-refractivity contribution is -0.0194.